The zero-order valence-electron chi connectivity index (χ0n) is 14.3. The highest BCUT2D eigenvalue weighted by molar-refractivity contribution is 5.83. The second-order valence-corrected chi connectivity index (χ2v) is 6.06. The van der Waals surface area contributed by atoms with Crippen LogP contribution in [0.3, 0.4) is 0 Å². The summed E-state index contributed by atoms with van der Waals surface area (Å²) < 4.78 is 18.5. The zero-order chi connectivity index (χ0) is 17.5. The Hall–Kier alpha value is -1.95. The molecule has 0 aromatic heterocycles. The number of rotatable bonds is 7. The molecule has 1 fully saturated rings. The first-order valence-electron chi connectivity index (χ1n) is 8.36. The maximum atomic E-state index is 13.6. The molecular weight excluding hydrogens is 311 g/mol. The number of benzene rings is 1. The van der Waals surface area contributed by atoms with E-state index in [1.807, 2.05) is 6.07 Å². The highest BCUT2D eigenvalue weighted by atomic mass is 19.1. The summed E-state index contributed by atoms with van der Waals surface area (Å²) >= 11 is 0. The van der Waals surface area contributed by atoms with Crippen LogP contribution in [-0.2, 0) is 14.3 Å². The van der Waals surface area contributed by atoms with Gasteiger partial charge in [0.2, 0.25) is 11.8 Å². The number of nitrogens with zero attached hydrogens (tertiary/aromatic N) is 1. The Morgan fingerprint density at radius 3 is 2.83 bits per heavy atom. The first-order valence-corrected chi connectivity index (χ1v) is 8.36. The van der Waals surface area contributed by atoms with E-state index in [4.69, 9.17) is 4.74 Å². The molecule has 132 valence electrons. The summed E-state index contributed by atoms with van der Waals surface area (Å²) in [5, 5.41) is 2.90. The monoisotopic (exact) mass is 336 g/mol. The number of ether oxygens (including phenoxy) is 1. The largest absolute Gasteiger partial charge is 0.385 e. The second kappa shape index (κ2) is 8.78. The van der Waals surface area contributed by atoms with Gasteiger partial charge in [-0.15, -0.1) is 0 Å². The Labute approximate surface area is 142 Å². The summed E-state index contributed by atoms with van der Waals surface area (Å²) in [6, 6.07) is 6.30. The van der Waals surface area contributed by atoms with Crippen molar-refractivity contribution in [3.05, 3.63) is 35.6 Å². The van der Waals surface area contributed by atoms with Crippen LogP contribution in [0, 0.1) is 11.7 Å². The number of nitrogens with one attached hydrogen (secondary N) is 1. The Morgan fingerprint density at radius 2 is 2.17 bits per heavy atom. The highest BCUT2D eigenvalue weighted by Gasteiger charge is 2.39. The molecule has 1 saturated heterocycles. The van der Waals surface area contributed by atoms with Crippen LogP contribution in [0.4, 0.5) is 4.39 Å². The van der Waals surface area contributed by atoms with Crippen molar-refractivity contribution in [3.63, 3.8) is 0 Å². The maximum absolute atomic E-state index is 13.6. The lowest BCUT2D eigenvalue weighted by Crippen LogP contribution is -2.36. The minimum Gasteiger partial charge on any atom is -0.385 e. The molecule has 0 saturated carbocycles. The van der Waals surface area contributed by atoms with Crippen LogP contribution in [0.25, 0.3) is 0 Å². The van der Waals surface area contributed by atoms with Gasteiger partial charge in [-0.05, 0) is 24.1 Å². The van der Waals surface area contributed by atoms with E-state index in [-0.39, 0.29) is 29.5 Å². The van der Waals surface area contributed by atoms with E-state index >= 15 is 0 Å². The van der Waals surface area contributed by atoms with Gasteiger partial charge in [0.1, 0.15) is 5.82 Å². The molecule has 0 unspecified atom stereocenters. The summed E-state index contributed by atoms with van der Waals surface area (Å²) in [5.74, 6) is -0.937. The van der Waals surface area contributed by atoms with Gasteiger partial charge in [-0.1, -0.05) is 19.1 Å². The van der Waals surface area contributed by atoms with Crippen molar-refractivity contribution in [2.75, 3.05) is 33.4 Å². The lowest BCUT2D eigenvalue weighted by atomic mass is 9.88. The van der Waals surface area contributed by atoms with Gasteiger partial charge in [0, 0.05) is 45.7 Å². The summed E-state index contributed by atoms with van der Waals surface area (Å²) in [4.78, 5) is 26.3. The van der Waals surface area contributed by atoms with Gasteiger partial charge >= 0.3 is 0 Å². The fourth-order valence-corrected chi connectivity index (χ4v) is 3.13. The SMILES string of the molecule is CCC(=O)N1C[C@H](C(=O)NCCCOC)[C@H](c2cccc(F)c2)C1. The maximum Gasteiger partial charge on any atom is 0.225 e. The first kappa shape index (κ1) is 18.4. The molecule has 1 aromatic carbocycles. The number of hydrogen-bond donors (Lipinski definition) is 1. The minimum absolute atomic E-state index is 0.0195. The molecule has 2 amide bonds. The average molecular weight is 336 g/mol. The van der Waals surface area contributed by atoms with Crippen molar-refractivity contribution >= 4 is 11.8 Å². The van der Waals surface area contributed by atoms with Gasteiger partial charge in [-0.25, -0.2) is 4.39 Å². The Balaban J connectivity index is 2.11. The second-order valence-electron chi connectivity index (χ2n) is 6.06. The van der Waals surface area contributed by atoms with Crippen molar-refractivity contribution < 1.29 is 18.7 Å². The Kier molecular flexibility index (Phi) is 6.73. The van der Waals surface area contributed by atoms with Crippen LogP contribution in [0.1, 0.15) is 31.2 Å². The molecule has 1 aromatic rings. The third-order valence-corrected chi connectivity index (χ3v) is 4.41. The van der Waals surface area contributed by atoms with Gasteiger partial charge < -0.3 is 15.0 Å². The molecule has 1 aliphatic rings. The van der Waals surface area contributed by atoms with Crippen LogP contribution in [0.5, 0.6) is 0 Å². The fraction of sp³-hybridized carbons (Fsp3) is 0.556. The lowest BCUT2D eigenvalue weighted by Gasteiger charge is -2.18. The van der Waals surface area contributed by atoms with Crippen LogP contribution in [-0.4, -0.2) is 50.1 Å². The van der Waals surface area contributed by atoms with Crippen LogP contribution < -0.4 is 5.32 Å². The predicted molar refractivity (Wildman–Crippen MR) is 89.0 cm³/mol. The topological polar surface area (TPSA) is 58.6 Å². The van der Waals surface area contributed by atoms with E-state index in [0.717, 1.165) is 12.0 Å². The fourth-order valence-electron chi connectivity index (χ4n) is 3.13. The van der Waals surface area contributed by atoms with Gasteiger partial charge in [0.15, 0.2) is 0 Å². The third-order valence-electron chi connectivity index (χ3n) is 4.41. The Bertz CT molecular complexity index is 579. The average Bonchev–Trinajstić information content (AvgIpc) is 3.03. The first-order chi connectivity index (χ1) is 11.6. The van der Waals surface area contributed by atoms with E-state index in [1.54, 1.807) is 25.0 Å². The molecule has 1 heterocycles. The third kappa shape index (κ3) is 4.54. The normalized spacial score (nSPS) is 20.2. The summed E-state index contributed by atoms with van der Waals surface area (Å²) in [5.41, 5.74) is 0.762. The molecule has 1 N–H and O–H groups in total. The summed E-state index contributed by atoms with van der Waals surface area (Å²) in [7, 11) is 1.62. The predicted octanol–water partition coefficient (Wildman–Crippen LogP) is 1.93. The number of halogens is 1. The molecule has 24 heavy (non-hydrogen) atoms. The number of carbonyl (C=O) groups excluding carboxylic acids is 2. The molecule has 0 bridgehead atoms. The molecule has 0 aliphatic carbocycles. The number of carbonyl (C=O) groups is 2. The van der Waals surface area contributed by atoms with Gasteiger partial charge in [0.25, 0.3) is 0 Å². The van der Waals surface area contributed by atoms with E-state index < -0.39 is 0 Å². The van der Waals surface area contributed by atoms with Crippen LogP contribution >= 0.6 is 0 Å². The Morgan fingerprint density at radius 1 is 1.38 bits per heavy atom. The number of hydrogen-bond acceptors (Lipinski definition) is 3. The van der Waals surface area contributed by atoms with Crippen molar-refractivity contribution in [2.24, 2.45) is 5.92 Å². The number of amides is 2. The molecule has 0 spiro atoms. The van der Waals surface area contributed by atoms with E-state index in [1.165, 1.54) is 12.1 Å². The van der Waals surface area contributed by atoms with Crippen molar-refractivity contribution in [1.29, 1.82) is 0 Å². The van der Waals surface area contributed by atoms with Gasteiger partial charge in [-0.2, -0.15) is 0 Å². The van der Waals surface area contributed by atoms with Gasteiger partial charge in [0.05, 0.1) is 5.92 Å². The van der Waals surface area contributed by atoms with Crippen LogP contribution in [0.2, 0.25) is 0 Å². The van der Waals surface area contributed by atoms with E-state index in [0.29, 0.717) is 32.7 Å². The molecule has 0 radical (unpaired) electrons. The smallest absolute Gasteiger partial charge is 0.225 e. The number of methoxy groups -OCH3 is 1. The molecular formula is C18H25FN2O3. The zero-order valence-corrected chi connectivity index (χ0v) is 14.3. The lowest BCUT2D eigenvalue weighted by molar-refractivity contribution is -0.130. The van der Waals surface area contributed by atoms with E-state index in [2.05, 4.69) is 5.32 Å². The molecule has 6 heteroatoms. The summed E-state index contributed by atoms with van der Waals surface area (Å²) in [6.07, 6.45) is 1.13. The molecule has 2 atom stereocenters. The van der Waals surface area contributed by atoms with Crippen molar-refractivity contribution in [3.8, 4) is 0 Å². The van der Waals surface area contributed by atoms with Crippen molar-refractivity contribution in [1.82, 2.24) is 10.2 Å². The van der Waals surface area contributed by atoms with Gasteiger partial charge in [-0.3, -0.25) is 9.59 Å². The summed E-state index contributed by atoms with van der Waals surface area (Å²) in [6.45, 7) is 3.74. The molecule has 2 rings (SSSR count). The minimum atomic E-state index is -0.357. The van der Waals surface area contributed by atoms with Crippen LogP contribution in [0.15, 0.2) is 24.3 Å². The highest BCUT2D eigenvalue weighted by Crippen LogP contribution is 2.33. The van der Waals surface area contributed by atoms with Crippen molar-refractivity contribution in [2.45, 2.75) is 25.7 Å². The molecule has 5 nitrogen and oxygen atoms in total. The quantitative estimate of drug-likeness (QED) is 0.774. The standard InChI is InChI=1S/C18H25FN2O3/c1-3-17(22)21-11-15(13-6-4-7-14(19)10-13)16(12-21)18(23)20-8-5-9-24-2/h4,6-7,10,15-16H,3,5,8-9,11-12H2,1-2H3,(H,20,23)/t15-,16-/m0/s1. The van der Waals surface area contributed by atoms with E-state index in [9.17, 15) is 14.0 Å². The molecule has 1 aliphatic heterocycles. The number of likely N-dealkylation sites (tertiary alicyclic amines) is 1.